The number of ether oxygens (including phenoxy) is 1. The van der Waals surface area contributed by atoms with Gasteiger partial charge in [-0.3, -0.25) is 19.8 Å². The van der Waals surface area contributed by atoms with E-state index in [0.29, 0.717) is 26.2 Å². The van der Waals surface area contributed by atoms with Crippen molar-refractivity contribution in [2.45, 2.75) is 26.3 Å². The van der Waals surface area contributed by atoms with Gasteiger partial charge in [-0.15, -0.1) is 0 Å². The molecular weight excluding hydrogens is 336 g/mol. The van der Waals surface area contributed by atoms with Crippen molar-refractivity contribution in [2.75, 3.05) is 42.6 Å². The second-order valence-electron chi connectivity index (χ2n) is 6.99. The van der Waals surface area contributed by atoms with Crippen molar-refractivity contribution in [3.8, 4) is 5.75 Å². The third kappa shape index (κ3) is 2.75. The smallest absolute Gasteiger partial charge is 0.328 e. The molecule has 0 bridgehead atoms. The van der Waals surface area contributed by atoms with Crippen LogP contribution in [0.4, 0.5) is 16.2 Å². The second kappa shape index (κ2) is 6.19. The van der Waals surface area contributed by atoms with Gasteiger partial charge in [-0.05, 0) is 18.6 Å². The number of piperazine rings is 1. The molecule has 4 rings (SSSR count). The molecule has 0 aliphatic carbocycles. The van der Waals surface area contributed by atoms with E-state index in [4.69, 9.17) is 4.74 Å². The number of nitrogens with one attached hydrogen (secondary N) is 1. The van der Waals surface area contributed by atoms with Crippen LogP contribution in [0.1, 0.15) is 18.9 Å². The summed E-state index contributed by atoms with van der Waals surface area (Å²) in [5.41, 5.74) is 2.77. The number of hydrogen-bond donors (Lipinski definition) is 1. The van der Waals surface area contributed by atoms with Crippen LogP contribution in [0.2, 0.25) is 0 Å². The van der Waals surface area contributed by atoms with Gasteiger partial charge in [0.1, 0.15) is 12.4 Å². The molecule has 3 heterocycles. The van der Waals surface area contributed by atoms with Crippen LogP contribution in [0, 0.1) is 6.92 Å². The number of carbonyl (C=O) groups is 3. The van der Waals surface area contributed by atoms with Crippen LogP contribution in [-0.2, 0) is 9.59 Å². The number of aryl methyl sites for hydroxylation is 1. The van der Waals surface area contributed by atoms with Crippen LogP contribution in [0.25, 0.3) is 0 Å². The Hall–Kier alpha value is -2.77. The summed E-state index contributed by atoms with van der Waals surface area (Å²) in [6.45, 7) is 6.58. The van der Waals surface area contributed by atoms with Gasteiger partial charge < -0.3 is 14.5 Å². The van der Waals surface area contributed by atoms with Gasteiger partial charge in [0.2, 0.25) is 11.8 Å². The summed E-state index contributed by atoms with van der Waals surface area (Å²) in [6.07, 6.45) is 0.289. The number of fused-ring (bicyclic) bond motifs is 3. The summed E-state index contributed by atoms with van der Waals surface area (Å²) in [7, 11) is 0. The third-order valence-corrected chi connectivity index (χ3v) is 5.26. The summed E-state index contributed by atoms with van der Waals surface area (Å²) >= 11 is 0. The molecular formula is C18H22N4O4. The molecule has 0 unspecified atom stereocenters. The zero-order chi connectivity index (χ0) is 18.4. The largest absolute Gasteiger partial charge is 0.489 e. The van der Waals surface area contributed by atoms with Gasteiger partial charge in [0, 0.05) is 51.3 Å². The van der Waals surface area contributed by atoms with Gasteiger partial charge in [0.15, 0.2) is 0 Å². The summed E-state index contributed by atoms with van der Waals surface area (Å²) in [6, 6.07) is 3.56. The van der Waals surface area contributed by atoms with Crippen molar-refractivity contribution in [1.82, 2.24) is 10.2 Å². The molecule has 138 valence electrons. The predicted octanol–water partition coefficient (Wildman–Crippen LogP) is 0.871. The highest BCUT2D eigenvalue weighted by molar-refractivity contribution is 6.05. The van der Waals surface area contributed by atoms with Crippen LogP contribution in [-0.4, -0.2) is 61.6 Å². The molecule has 8 nitrogen and oxygen atoms in total. The summed E-state index contributed by atoms with van der Waals surface area (Å²) < 4.78 is 5.98. The fourth-order valence-electron chi connectivity index (χ4n) is 3.94. The molecule has 3 aliphatic heterocycles. The topological polar surface area (TPSA) is 82.2 Å². The van der Waals surface area contributed by atoms with Crippen LogP contribution >= 0.6 is 0 Å². The Labute approximate surface area is 151 Å². The SMILES string of the molecule is CC(=O)N1CCN2c3c(C)cc(N4CCC(=O)NC4=O)cc3OC[C@@H]2C1. The predicted molar refractivity (Wildman–Crippen MR) is 95.6 cm³/mol. The quantitative estimate of drug-likeness (QED) is 0.806. The molecule has 2 fully saturated rings. The average Bonchev–Trinajstić information content (AvgIpc) is 2.60. The molecule has 26 heavy (non-hydrogen) atoms. The van der Waals surface area contributed by atoms with E-state index in [2.05, 4.69) is 10.2 Å². The van der Waals surface area contributed by atoms with E-state index < -0.39 is 6.03 Å². The van der Waals surface area contributed by atoms with Gasteiger partial charge >= 0.3 is 6.03 Å². The Kier molecular flexibility index (Phi) is 3.97. The Bertz CT molecular complexity index is 794. The number of anilines is 2. The normalized spacial score (nSPS) is 22.4. The van der Waals surface area contributed by atoms with Gasteiger partial charge in [-0.2, -0.15) is 0 Å². The first-order valence-corrected chi connectivity index (χ1v) is 8.85. The highest BCUT2D eigenvalue weighted by Gasteiger charge is 2.35. The summed E-state index contributed by atoms with van der Waals surface area (Å²) in [5.74, 6) is 0.591. The van der Waals surface area contributed by atoms with Gasteiger partial charge in [0.05, 0.1) is 11.7 Å². The lowest BCUT2D eigenvalue weighted by atomic mass is 10.0. The molecule has 0 saturated carbocycles. The first kappa shape index (κ1) is 16.7. The fourth-order valence-corrected chi connectivity index (χ4v) is 3.94. The first-order valence-electron chi connectivity index (χ1n) is 8.85. The molecule has 0 radical (unpaired) electrons. The zero-order valence-corrected chi connectivity index (χ0v) is 14.9. The van der Waals surface area contributed by atoms with Crippen molar-refractivity contribution in [1.29, 1.82) is 0 Å². The number of carbonyl (C=O) groups excluding carboxylic acids is 3. The molecule has 1 aromatic carbocycles. The number of amides is 4. The van der Waals surface area contributed by atoms with Gasteiger partial charge in [-0.1, -0.05) is 0 Å². The van der Waals surface area contributed by atoms with E-state index in [1.165, 1.54) is 0 Å². The van der Waals surface area contributed by atoms with Gasteiger partial charge in [0.25, 0.3) is 0 Å². The number of urea groups is 1. The number of rotatable bonds is 1. The van der Waals surface area contributed by atoms with Crippen LogP contribution in [0.3, 0.4) is 0 Å². The summed E-state index contributed by atoms with van der Waals surface area (Å²) in [5, 5.41) is 2.35. The lowest BCUT2D eigenvalue weighted by Gasteiger charge is -2.46. The van der Waals surface area contributed by atoms with E-state index in [1.807, 2.05) is 24.0 Å². The highest BCUT2D eigenvalue weighted by Crippen LogP contribution is 2.41. The van der Waals surface area contributed by atoms with Crippen LogP contribution < -0.4 is 19.9 Å². The van der Waals surface area contributed by atoms with Crippen molar-refractivity contribution < 1.29 is 19.1 Å². The molecule has 1 aromatic rings. The van der Waals surface area contributed by atoms with E-state index >= 15 is 0 Å². The molecule has 1 N–H and O–H groups in total. The number of benzene rings is 1. The Balaban J connectivity index is 1.62. The Morgan fingerprint density at radius 1 is 1.23 bits per heavy atom. The molecule has 2 saturated heterocycles. The number of imide groups is 1. The van der Waals surface area contributed by atoms with Crippen LogP contribution in [0.15, 0.2) is 12.1 Å². The molecule has 0 aromatic heterocycles. The third-order valence-electron chi connectivity index (χ3n) is 5.26. The van der Waals surface area contributed by atoms with Gasteiger partial charge in [-0.25, -0.2) is 4.79 Å². The average molecular weight is 358 g/mol. The Morgan fingerprint density at radius 3 is 2.77 bits per heavy atom. The van der Waals surface area contributed by atoms with Crippen LogP contribution in [0.5, 0.6) is 5.75 Å². The molecule has 0 spiro atoms. The van der Waals surface area contributed by atoms with E-state index in [0.717, 1.165) is 29.2 Å². The highest BCUT2D eigenvalue weighted by atomic mass is 16.5. The van der Waals surface area contributed by atoms with Crippen molar-refractivity contribution in [3.05, 3.63) is 17.7 Å². The maximum atomic E-state index is 12.1. The minimum Gasteiger partial charge on any atom is -0.489 e. The molecule has 8 heteroatoms. The minimum absolute atomic E-state index is 0.0909. The second-order valence-corrected chi connectivity index (χ2v) is 6.99. The first-order chi connectivity index (χ1) is 12.4. The minimum atomic E-state index is -0.399. The standard InChI is InChI=1S/C18H22N4O4/c1-11-7-13(22-4-3-16(24)19-18(22)25)8-15-17(11)21-6-5-20(12(2)23)9-14(21)10-26-15/h7-8,14H,3-6,9-10H2,1-2H3,(H,19,24,25)/t14-/m0/s1. The van der Waals surface area contributed by atoms with E-state index in [9.17, 15) is 14.4 Å². The maximum Gasteiger partial charge on any atom is 0.328 e. The lowest BCUT2D eigenvalue weighted by Crippen LogP contribution is -2.58. The van der Waals surface area contributed by atoms with E-state index in [-0.39, 0.29) is 24.3 Å². The molecule has 1 atom stereocenters. The monoisotopic (exact) mass is 358 g/mol. The van der Waals surface area contributed by atoms with Crippen molar-refractivity contribution in [3.63, 3.8) is 0 Å². The molecule has 4 amide bonds. The summed E-state index contributed by atoms with van der Waals surface area (Å²) in [4.78, 5) is 40.9. The zero-order valence-electron chi connectivity index (χ0n) is 14.9. The number of nitrogens with zero attached hydrogens (tertiary/aromatic N) is 3. The fraction of sp³-hybridized carbons (Fsp3) is 0.500. The van der Waals surface area contributed by atoms with E-state index in [1.54, 1.807) is 11.8 Å². The van der Waals surface area contributed by atoms with Crippen molar-refractivity contribution >= 4 is 29.2 Å². The Morgan fingerprint density at radius 2 is 2.04 bits per heavy atom. The lowest BCUT2D eigenvalue weighted by molar-refractivity contribution is -0.129. The van der Waals surface area contributed by atoms with Crippen molar-refractivity contribution in [2.24, 2.45) is 0 Å². The molecule has 3 aliphatic rings. The maximum absolute atomic E-state index is 12.1. The number of hydrogen-bond acceptors (Lipinski definition) is 5.